The maximum Gasteiger partial charge on any atom is 0.338 e. The van der Waals surface area contributed by atoms with Crippen LogP contribution in [0.2, 0.25) is 0 Å². The van der Waals surface area contributed by atoms with Crippen LogP contribution in [0.15, 0.2) is 24.3 Å². The lowest BCUT2D eigenvalue weighted by atomic mass is 10.2. The highest BCUT2D eigenvalue weighted by molar-refractivity contribution is 7.53. The third-order valence-electron chi connectivity index (χ3n) is 2.56. The molecule has 0 fully saturated rings. The highest BCUT2D eigenvalue weighted by Crippen LogP contribution is 2.47. The molecule has 0 unspecified atom stereocenters. The Kier molecular flexibility index (Phi) is 7.17. The Bertz CT molecular complexity index is 548. The second-order valence-corrected chi connectivity index (χ2v) is 6.30. The van der Waals surface area contributed by atoms with E-state index in [2.05, 4.69) is 0 Å². The lowest BCUT2D eigenvalue weighted by Gasteiger charge is -2.16. The van der Waals surface area contributed by atoms with Gasteiger partial charge in [0.25, 0.3) is 5.69 Å². The number of carbonyl (C=O) groups is 1. The Morgan fingerprint density at radius 3 is 2.18 bits per heavy atom. The molecule has 0 radical (unpaired) electrons. The number of hydrogen-bond acceptors (Lipinski definition) is 7. The molecule has 0 bridgehead atoms. The summed E-state index contributed by atoms with van der Waals surface area (Å²) in [6.45, 7) is 3.71. The molecule has 0 saturated heterocycles. The highest BCUT2D eigenvalue weighted by atomic mass is 31.2. The van der Waals surface area contributed by atoms with Gasteiger partial charge in [0.2, 0.25) is 0 Å². The summed E-state index contributed by atoms with van der Waals surface area (Å²) in [7, 11) is -3.25. The monoisotopic (exact) mass is 331 g/mol. The predicted molar refractivity (Wildman–Crippen MR) is 79.1 cm³/mol. The van der Waals surface area contributed by atoms with Crippen LogP contribution in [-0.2, 0) is 18.3 Å². The van der Waals surface area contributed by atoms with Crippen molar-refractivity contribution in [2.45, 2.75) is 13.8 Å². The van der Waals surface area contributed by atoms with E-state index in [-0.39, 0.29) is 37.2 Å². The second kappa shape index (κ2) is 8.63. The van der Waals surface area contributed by atoms with E-state index in [1.807, 2.05) is 0 Å². The van der Waals surface area contributed by atoms with Gasteiger partial charge in [-0.25, -0.2) is 4.79 Å². The first-order valence-corrected chi connectivity index (χ1v) is 8.44. The van der Waals surface area contributed by atoms with Crippen molar-refractivity contribution in [2.24, 2.45) is 0 Å². The minimum atomic E-state index is -3.25. The Labute approximate surface area is 128 Å². The molecule has 122 valence electrons. The van der Waals surface area contributed by atoms with E-state index in [0.29, 0.717) is 0 Å². The molecule has 0 aliphatic carbocycles. The molecule has 1 rings (SSSR count). The summed E-state index contributed by atoms with van der Waals surface area (Å²) >= 11 is 0. The summed E-state index contributed by atoms with van der Waals surface area (Å²) in [5.74, 6) is -0.658. The third-order valence-corrected chi connectivity index (χ3v) is 4.60. The summed E-state index contributed by atoms with van der Waals surface area (Å²) in [5, 5.41) is 10.5. The van der Waals surface area contributed by atoms with Gasteiger partial charge in [-0.3, -0.25) is 14.7 Å². The van der Waals surface area contributed by atoms with Gasteiger partial charge in [0.15, 0.2) is 0 Å². The summed E-state index contributed by atoms with van der Waals surface area (Å²) in [6, 6.07) is 5.01. The van der Waals surface area contributed by atoms with Crippen LogP contribution in [0.25, 0.3) is 0 Å². The summed E-state index contributed by atoms with van der Waals surface area (Å²) < 4.78 is 27.2. The largest absolute Gasteiger partial charge is 0.461 e. The first-order valence-electron chi connectivity index (χ1n) is 6.71. The van der Waals surface area contributed by atoms with Crippen LogP contribution < -0.4 is 0 Å². The molecule has 1 aromatic carbocycles. The SMILES string of the molecule is CCOP(=O)(CCOC(=O)c1ccc([N+](=O)[O-])cc1)OCC. The van der Waals surface area contributed by atoms with Crippen molar-refractivity contribution in [2.75, 3.05) is 26.0 Å². The van der Waals surface area contributed by atoms with Gasteiger partial charge < -0.3 is 13.8 Å². The van der Waals surface area contributed by atoms with E-state index >= 15 is 0 Å². The van der Waals surface area contributed by atoms with Gasteiger partial charge in [0, 0.05) is 12.1 Å². The number of rotatable bonds is 9. The number of hydrogen-bond donors (Lipinski definition) is 0. The van der Waals surface area contributed by atoms with Crippen molar-refractivity contribution in [1.29, 1.82) is 0 Å². The lowest BCUT2D eigenvalue weighted by Crippen LogP contribution is -2.11. The fourth-order valence-corrected chi connectivity index (χ4v) is 3.05. The zero-order valence-corrected chi connectivity index (χ0v) is 13.3. The molecule has 0 aromatic heterocycles. The molecule has 8 nitrogen and oxygen atoms in total. The maximum absolute atomic E-state index is 12.1. The average molecular weight is 331 g/mol. The van der Waals surface area contributed by atoms with Crippen LogP contribution in [0.5, 0.6) is 0 Å². The van der Waals surface area contributed by atoms with Crippen molar-refractivity contribution >= 4 is 19.3 Å². The molecular formula is C13H18NO7P. The molecule has 0 aliphatic rings. The molecule has 0 amide bonds. The average Bonchev–Trinajstić information content (AvgIpc) is 2.47. The molecular weight excluding hydrogens is 313 g/mol. The van der Waals surface area contributed by atoms with Gasteiger partial charge in [0.05, 0.1) is 29.9 Å². The van der Waals surface area contributed by atoms with E-state index in [1.165, 1.54) is 24.3 Å². The normalized spacial score (nSPS) is 11.2. The minimum Gasteiger partial charge on any atom is -0.461 e. The molecule has 0 spiro atoms. The van der Waals surface area contributed by atoms with Crippen molar-refractivity contribution < 1.29 is 28.1 Å². The van der Waals surface area contributed by atoms with E-state index in [9.17, 15) is 19.5 Å². The number of ether oxygens (including phenoxy) is 1. The Morgan fingerprint density at radius 2 is 1.73 bits per heavy atom. The number of nitrogens with zero attached hydrogens (tertiary/aromatic N) is 1. The fraction of sp³-hybridized carbons (Fsp3) is 0.462. The van der Waals surface area contributed by atoms with E-state index in [0.717, 1.165) is 0 Å². The van der Waals surface area contributed by atoms with Crippen LogP contribution in [0.1, 0.15) is 24.2 Å². The lowest BCUT2D eigenvalue weighted by molar-refractivity contribution is -0.384. The topological polar surface area (TPSA) is 105 Å². The highest BCUT2D eigenvalue weighted by Gasteiger charge is 2.24. The minimum absolute atomic E-state index is 0.0482. The van der Waals surface area contributed by atoms with Crippen molar-refractivity contribution in [3.8, 4) is 0 Å². The smallest absolute Gasteiger partial charge is 0.338 e. The number of carbonyl (C=O) groups excluding carboxylic acids is 1. The van der Waals surface area contributed by atoms with Gasteiger partial charge in [-0.15, -0.1) is 0 Å². The predicted octanol–water partition coefficient (Wildman–Crippen LogP) is 3.02. The van der Waals surface area contributed by atoms with Crippen LogP contribution >= 0.6 is 7.60 Å². The zero-order chi connectivity index (χ0) is 16.6. The van der Waals surface area contributed by atoms with E-state index in [1.54, 1.807) is 13.8 Å². The Balaban J connectivity index is 2.55. The summed E-state index contributed by atoms with van der Waals surface area (Å²) in [5.41, 5.74) is 0.0574. The van der Waals surface area contributed by atoms with Gasteiger partial charge in [0.1, 0.15) is 6.61 Å². The van der Waals surface area contributed by atoms with Crippen LogP contribution in [-0.4, -0.2) is 36.9 Å². The van der Waals surface area contributed by atoms with Gasteiger partial charge in [-0.2, -0.15) is 0 Å². The molecule has 0 heterocycles. The van der Waals surface area contributed by atoms with Gasteiger partial charge in [-0.05, 0) is 26.0 Å². The van der Waals surface area contributed by atoms with Crippen molar-refractivity contribution in [3.63, 3.8) is 0 Å². The first kappa shape index (κ1) is 18.3. The van der Waals surface area contributed by atoms with Gasteiger partial charge >= 0.3 is 13.6 Å². The molecule has 0 aliphatic heterocycles. The number of non-ortho nitro benzene ring substituents is 1. The van der Waals surface area contributed by atoms with Gasteiger partial charge in [-0.1, -0.05) is 0 Å². The van der Waals surface area contributed by atoms with Crippen molar-refractivity contribution in [3.05, 3.63) is 39.9 Å². The number of nitro benzene ring substituents is 1. The maximum atomic E-state index is 12.1. The third kappa shape index (κ3) is 5.55. The summed E-state index contributed by atoms with van der Waals surface area (Å²) in [4.78, 5) is 21.7. The van der Waals surface area contributed by atoms with E-state index < -0.39 is 18.5 Å². The molecule has 0 atom stereocenters. The van der Waals surface area contributed by atoms with E-state index in [4.69, 9.17) is 13.8 Å². The first-order chi connectivity index (χ1) is 10.4. The summed E-state index contributed by atoms with van der Waals surface area (Å²) in [6.07, 6.45) is -0.0482. The Morgan fingerprint density at radius 1 is 1.18 bits per heavy atom. The fourth-order valence-electron chi connectivity index (χ4n) is 1.61. The van der Waals surface area contributed by atoms with Crippen LogP contribution in [0.3, 0.4) is 0 Å². The second-order valence-electron chi connectivity index (χ2n) is 4.11. The zero-order valence-electron chi connectivity index (χ0n) is 12.4. The Hall–Kier alpha value is -1.76. The number of esters is 1. The number of benzene rings is 1. The van der Waals surface area contributed by atoms with Crippen molar-refractivity contribution in [1.82, 2.24) is 0 Å². The molecule has 22 heavy (non-hydrogen) atoms. The standard InChI is InChI=1S/C13H18NO7P/c1-3-20-22(18,21-4-2)10-9-19-13(15)11-5-7-12(8-6-11)14(16)17/h5-8H,3-4,9-10H2,1-2H3. The molecule has 9 heteroatoms. The molecule has 0 N–H and O–H groups in total. The molecule has 1 aromatic rings. The number of nitro groups is 1. The van der Waals surface area contributed by atoms with Crippen LogP contribution in [0.4, 0.5) is 5.69 Å². The van der Waals surface area contributed by atoms with Crippen LogP contribution in [0, 0.1) is 10.1 Å². The molecule has 0 saturated carbocycles. The quantitative estimate of drug-likeness (QED) is 0.296.